The van der Waals surface area contributed by atoms with Gasteiger partial charge in [-0.3, -0.25) is 9.69 Å². The van der Waals surface area contributed by atoms with Crippen molar-refractivity contribution >= 4 is 46.3 Å². The van der Waals surface area contributed by atoms with E-state index in [9.17, 15) is 9.59 Å². The minimum Gasteiger partial charge on any atom is -0.493 e. The van der Waals surface area contributed by atoms with Crippen molar-refractivity contribution in [2.45, 2.75) is 19.9 Å². The fourth-order valence-corrected chi connectivity index (χ4v) is 3.71. The number of amides is 1. The zero-order valence-electron chi connectivity index (χ0n) is 14.4. The number of nitrogens with zero attached hydrogens (tertiary/aromatic N) is 1. The van der Waals surface area contributed by atoms with Crippen molar-refractivity contribution in [1.82, 2.24) is 4.90 Å². The van der Waals surface area contributed by atoms with Crippen LogP contribution < -0.4 is 9.47 Å². The first-order valence-electron chi connectivity index (χ1n) is 7.58. The molecule has 0 radical (unpaired) electrons. The van der Waals surface area contributed by atoms with E-state index in [0.717, 1.165) is 17.3 Å². The number of hydrogen-bond donors (Lipinski definition) is 0. The number of benzene rings is 1. The average molecular weight is 381 g/mol. The maximum atomic E-state index is 12.6. The molecule has 2 rings (SSSR count). The Kier molecular flexibility index (Phi) is 6.44. The Morgan fingerprint density at radius 3 is 2.68 bits per heavy atom. The summed E-state index contributed by atoms with van der Waals surface area (Å²) in [6.45, 7) is 4.00. The van der Waals surface area contributed by atoms with Gasteiger partial charge < -0.3 is 14.2 Å². The predicted octanol–water partition coefficient (Wildman–Crippen LogP) is 2.86. The summed E-state index contributed by atoms with van der Waals surface area (Å²) in [4.78, 5) is 26.0. The van der Waals surface area contributed by atoms with Crippen LogP contribution in [0.15, 0.2) is 23.1 Å². The van der Waals surface area contributed by atoms with E-state index in [1.165, 1.54) is 12.0 Å². The predicted molar refractivity (Wildman–Crippen MR) is 101 cm³/mol. The van der Waals surface area contributed by atoms with Gasteiger partial charge >= 0.3 is 5.97 Å². The highest BCUT2D eigenvalue weighted by Crippen LogP contribution is 2.35. The van der Waals surface area contributed by atoms with Crippen molar-refractivity contribution in [2.24, 2.45) is 0 Å². The van der Waals surface area contributed by atoms with Crippen LogP contribution in [0.5, 0.6) is 11.5 Å². The normalized spacial score (nSPS) is 17.0. The first-order valence-corrected chi connectivity index (χ1v) is 8.81. The van der Waals surface area contributed by atoms with Crippen molar-refractivity contribution in [3.63, 3.8) is 0 Å². The third-order valence-electron chi connectivity index (χ3n) is 3.54. The number of methoxy groups -OCH3 is 2. The number of esters is 1. The Morgan fingerprint density at radius 1 is 1.36 bits per heavy atom. The third-order valence-corrected chi connectivity index (χ3v) is 4.87. The Morgan fingerprint density at radius 2 is 2.08 bits per heavy atom. The van der Waals surface area contributed by atoms with Crippen LogP contribution in [0.4, 0.5) is 0 Å². The number of thioether (sulfide) groups is 1. The van der Waals surface area contributed by atoms with Crippen LogP contribution in [0, 0.1) is 0 Å². The smallest absolute Gasteiger partial charge is 0.328 e. The maximum Gasteiger partial charge on any atom is 0.328 e. The van der Waals surface area contributed by atoms with Crippen molar-refractivity contribution in [3.8, 4) is 11.5 Å². The lowest BCUT2D eigenvalue weighted by Crippen LogP contribution is -2.42. The molecule has 1 aliphatic rings. The minimum atomic E-state index is -0.765. The Labute approximate surface area is 156 Å². The standard InChI is InChI=1S/C17H19NO5S2/c1-5-23-12-7-6-11(8-13(12)21-3)9-14-15(19)18(17(24)25-14)10(2)16(20)22-4/h6-10H,5H2,1-4H3/b14-9-/t10-/m0/s1. The number of ether oxygens (including phenoxy) is 3. The number of carbonyl (C=O) groups excluding carboxylic acids is 2. The Balaban J connectivity index is 2.29. The van der Waals surface area contributed by atoms with Crippen LogP contribution in [0.2, 0.25) is 0 Å². The van der Waals surface area contributed by atoms with Crippen LogP contribution in [0.3, 0.4) is 0 Å². The first-order chi connectivity index (χ1) is 11.9. The molecule has 1 atom stereocenters. The zero-order chi connectivity index (χ0) is 18.6. The molecule has 1 amide bonds. The molecule has 1 aromatic rings. The van der Waals surface area contributed by atoms with E-state index in [1.54, 1.807) is 32.2 Å². The van der Waals surface area contributed by atoms with Crippen LogP contribution >= 0.6 is 24.0 Å². The quantitative estimate of drug-likeness (QED) is 0.426. The summed E-state index contributed by atoms with van der Waals surface area (Å²) in [5.74, 6) is 0.379. The minimum absolute atomic E-state index is 0.319. The molecule has 0 aromatic heterocycles. The Hall–Kier alpha value is -2.06. The molecule has 0 spiro atoms. The van der Waals surface area contributed by atoms with Gasteiger partial charge in [-0.25, -0.2) is 4.79 Å². The summed E-state index contributed by atoms with van der Waals surface area (Å²) in [5, 5.41) is 0. The summed E-state index contributed by atoms with van der Waals surface area (Å²) in [6.07, 6.45) is 1.71. The summed E-state index contributed by atoms with van der Waals surface area (Å²) in [6, 6.07) is 4.62. The van der Waals surface area contributed by atoms with Gasteiger partial charge in [0.2, 0.25) is 0 Å². The lowest BCUT2D eigenvalue weighted by Gasteiger charge is -2.20. The van der Waals surface area contributed by atoms with Gasteiger partial charge in [0.05, 0.1) is 25.7 Å². The van der Waals surface area contributed by atoms with Gasteiger partial charge in [-0.2, -0.15) is 0 Å². The van der Waals surface area contributed by atoms with Gasteiger partial charge in [-0.1, -0.05) is 30.0 Å². The van der Waals surface area contributed by atoms with E-state index < -0.39 is 12.0 Å². The SMILES string of the molecule is CCOc1ccc(/C=C2\SC(=S)N([C@@H](C)C(=O)OC)C2=O)cc1OC. The topological polar surface area (TPSA) is 65.1 Å². The average Bonchev–Trinajstić information content (AvgIpc) is 2.88. The largest absolute Gasteiger partial charge is 0.493 e. The van der Waals surface area contributed by atoms with Crippen LogP contribution in [0.1, 0.15) is 19.4 Å². The van der Waals surface area contributed by atoms with E-state index >= 15 is 0 Å². The Bertz CT molecular complexity index is 732. The molecular formula is C17H19NO5S2. The fourth-order valence-electron chi connectivity index (χ4n) is 2.29. The molecule has 1 fully saturated rings. The molecule has 6 nitrogen and oxygen atoms in total. The molecule has 0 saturated carbocycles. The van der Waals surface area contributed by atoms with Gasteiger partial charge in [0.1, 0.15) is 10.4 Å². The number of carbonyl (C=O) groups is 2. The highest BCUT2D eigenvalue weighted by Gasteiger charge is 2.38. The van der Waals surface area contributed by atoms with Crippen molar-refractivity contribution in [1.29, 1.82) is 0 Å². The molecule has 1 heterocycles. The molecule has 1 saturated heterocycles. The highest BCUT2D eigenvalue weighted by molar-refractivity contribution is 8.26. The van der Waals surface area contributed by atoms with Gasteiger partial charge in [-0.15, -0.1) is 0 Å². The molecule has 8 heteroatoms. The summed E-state index contributed by atoms with van der Waals surface area (Å²) < 4.78 is 15.8. The van der Waals surface area contributed by atoms with Gasteiger partial charge in [0.25, 0.3) is 5.91 Å². The number of rotatable bonds is 6. The second-order valence-corrected chi connectivity index (χ2v) is 6.77. The van der Waals surface area contributed by atoms with E-state index in [1.807, 2.05) is 13.0 Å². The third kappa shape index (κ3) is 4.13. The first kappa shape index (κ1) is 19.3. The van der Waals surface area contributed by atoms with Crippen molar-refractivity contribution in [2.75, 3.05) is 20.8 Å². The van der Waals surface area contributed by atoms with Gasteiger partial charge in [0.15, 0.2) is 11.5 Å². The monoisotopic (exact) mass is 381 g/mol. The lowest BCUT2D eigenvalue weighted by molar-refractivity contribution is -0.147. The molecule has 0 aliphatic carbocycles. The van der Waals surface area contributed by atoms with Gasteiger partial charge in [0, 0.05) is 0 Å². The molecule has 0 bridgehead atoms. The summed E-state index contributed by atoms with van der Waals surface area (Å²) in [7, 11) is 2.83. The summed E-state index contributed by atoms with van der Waals surface area (Å²) in [5.41, 5.74) is 0.770. The van der Waals surface area contributed by atoms with Gasteiger partial charge in [-0.05, 0) is 37.6 Å². The molecule has 25 heavy (non-hydrogen) atoms. The van der Waals surface area contributed by atoms with Crippen molar-refractivity contribution < 1.29 is 23.8 Å². The van der Waals surface area contributed by atoms with Crippen molar-refractivity contribution in [3.05, 3.63) is 28.7 Å². The summed E-state index contributed by atoms with van der Waals surface area (Å²) >= 11 is 6.38. The zero-order valence-corrected chi connectivity index (χ0v) is 16.0. The second-order valence-electron chi connectivity index (χ2n) is 5.09. The van der Waals surface area contributed by atoms with E-state index in [2.05, 4.69) is 4.74 Å². The highest BCUT2D eigenvalue weighted by atomic mass is 32.2. The molecule has 1 aliphatic heterocycles. The van der Waals surface area contributed by atoms with Crippen LogP contribution in [-0.2, 0) is 14.3 Å². The molecule has 0 N–H and O–H groups in total. The number of hydrogen-bond acceptors (Lipinski definition) is 7. The molecule has 134 valence electrons. The lowest BCUT2D eigenvalue weighted by atomic mass is 10.1. The van der Waals surface area contributed by atoms with Crippen LogP contribution in [0.25, 0.3) is 6.08 Å². The van der Waals surface area contributed by atoms with Crippen LogP contribution in [-0.4, -0.2) is 48.0 Å². The molecular weight excluding hydrogens is 362 g/mol. The maximum absolute atomic E-state index is 12.6. The van der Waals surface area contributed by atoms with E-state index in [4.69, 9.17) is 21.7 Å². The number of thiocarbonyl (C=S) groups is 1. The molecule has 0 unspecified atom stereocenters. The van der Waals surface area contributed by atoms with E-state index in [-0.39, 0.29) is 5.91 Å². The van der Waals surface area contributed by atoms with E-state index in [0.29, 0.717) is 27.3 Å². The molecule has 1 aromatic carbocycles. The fraction of sp³-hybridized carbons (Fsp3) is 0.353. The second kappa shape index (κ2) is 8.35.